The molecule has 1 aromatic heterocycles. The number of rotatable bonds is 4. The Morgan fingerprint density at radius 1 is 1.50 bits per heavy atom. The molecular weight excluding hydrogens is 230 g/mol. The van der Waals surface area contributed by atoms with Gasteiger partial charge in [-0.05, 0) is 26.3 Å². The molecule has 5 nitrogen and oxygen atoms in total. The number of hydrogen-bond donors (Lipinski definition) is 1. The van der Waals surface area contributed by atoms with Crippen LogP contribution in [0.3, 0.4) is 0 Å². The highest BCUT2D eigenvalue weighted by Gasteiger charge is 2.27. The van der Waals surface area contributed by atoms with Crippen LogP contribution in [-0.4, -0.2) is 38.1 Å². The van der Waals surface area contributed by atoms with E-state index in [4.69, 9.17) is 0 Å². The number of carbonyl (C=O) groups is 1. The molecule has 1 unspecified atom stereocenters. The Morgan fingerprint density at radius 2 is 2.33 bits per heavy atom. The molecule has 0 radical (unpaired) electrons. The molecule has 2 heterocycles. The number of hydrogen-bond acceptors (Lipinski definition) is 3. The van der Waals surface area contributed by atoms with E-state index >= 15 is 0 Å². The van der Waals surface area contributed by atoms with Crippen LogP contribution in [0.2, 0.25) is 0 Å². The maximum atomic E-state index is 11.3. The number of aliphatic carboxylic acids is 1. The van der Waals surface area contributed by atoms with Gasteiger partial charge in [-0.2, -0.15) is 0 Å². The van der Waals surface area contributed by atoms with Gasteiger partial charge in [-0.1, -0.05) is 12.8 Å². The zero-order valence-electron chi connectivity index (χ0n) is 10.9. The molecule has 2 rings (SSSR count). The van der Waals surface area contributed by atoms with Crippen molar-refractivity contribution in [2.24, 2.45) is 0 Å². The summed E-state index contributed by atoms with van der Waals surface area (Å²) in [4.78, 5) is 17.7. The lowest BCUT2D eigenvalue weighted by Crippen LogP contribution is -2.40. The molecule has 1 saturated heterocycles. The van der Waals surface area contributed by atoms with E-state index in [-0.39, 0.29) is 6.04 Å². The molecular formula is C13H21N3O2. The van der Waals surface area contributed by atoms with Gasteiger partial charge in [0.1, 0.15) is 11.9 Å². The molecule has 0 amide bonds. The first-order chi connectivity index (χ1) is 8.72. The van der Waals surface area contributed by atoms with Gasteiger partial charge < -0.3 is 9.67 Å². The van der Waals surface area contributed by atoms with Crippen molar-refractivity contribution in [1.29, 1.82) is 0 Å². The Bertz CT molecular complexity index is 403. The first-order valence-corrected chi connectivity index (χ1v) is 6.69. The van der Waals surface area contributed by atoms with Crippen LogP contribution in [0.25, 0.3) is 0 Å². The molecule has 1 fully saturated rings. The third kappa shape index (κ3) is 2.90. The Kier molecular flexibility index (Phi) is 4.36. The molecule has 5 heteroatoms. The van der Waals surface area contributed by atoms with Crippen LogP contribution < -0.4 is 0 Å². The van der Waals surface area contributed by atoms with Crippen molar-refractivity contribution in [3.63, 3.8) is 0 Å². The first kappa shape index (κ1) is 13.1. The van der Waals surface area contributed by atoms with Crippen LogP contribution in [0.15, 0.2) is 12.4 Å². The van der Waals surface area contributed by atoms with Crippen LogP contribution in [0.1, 0.15) is 38.4 Å². The van der Waals surface area contributed by atoms with Gasteiger partial charge in [0, 0.05) is 18.9 Å². The SMILES string of the molecule is CCn1ccnc1CN1CCCCCC1C(=O)O. The Hall–Kier alpha value is -1.36. The second-order valence-corrected chi connectivity index (χ2v) is 4.80. The van der Waals surface area contributed by atoms with Gasteiger partial charge in [-0.25, -0.2) is 4.98 Å². The molecule has 0 aliphatic carbocycles. The van der Waals surface area contributed by atoms with E-state index in [1.165, 1.54) is 0 Å². The predicted octanol–water partition coefficient (Wildman–Crippen LogP) is 1.73. The zero-order valence-corrected chi connectivity index (χ0v) is 10.9. The summed E-state index contributed by atoms with van der Waals surface area (Å²) < 4.78 is 2.07. The monoisotopic (exact) mass is 251 g/mol. The van der Waals surface area contributed by atoms with Crippen LogP contribution in [0, 0.1) is 0 Å². The van der Waals surface area contributed by atoms with E-state index in [0.29, 0.717) is 6.54 Å². The smallest absolute Gasteiger partial charge is 0.320 e. The molecule has 1 aliphatic rings. The Balaban J connectivity index is 2.11. The molecule has 1 aliphatic heterocycles. The highest BCUT2D eigenvalue weighted by Crippen LogP contribution is 2.19. The van der Waals surface area contributed by atoms with Crippen molar-refractivity contribution in [3.05, 3.63) is 18.2 Å². The lowest BCUT2D eigenvalue weighted by Gasteiger charge is -2.26. The molecule has 0 aromatic carbocycles. The second kappa shape index (κ2) is 6.00. The molecule has 18 heavy (non-hydrogen) atoms. The van der Waals surface area contributed by atoms with Crippen LogP contribution in [-0.2, 0) is 17.9 Å². The number of nitrogens with zero attached hydrogens (tertiary/aromatic N) is 3. The fraction of sp³-hybridized carbons (Fsp3) is 0.692. The van der Waals surface area contributed by atoms with Crippen molar-refractivity contribution < 1.29 is 9.90 Å². The van der Waals surface area contributed by atoms with E-state index in [1.54, 1.807) is 6.20 Å². The Labute approximate surface area is 107 Å². The van der Waals surface area contributed by atoms with E-state index in [9.17, 15) is 9.90 Å². The summed E-state index contributed by atoms with van der Waals surface area (Å²) in [5.41, 5.74) is 0. The quantitative estimate of drug-likeness (QED) is 0.885. The maximum absolute atomic E-state index is 11.3. The lowest BCUT2D eigenvalue weighted by molar-refractivity contribution is -0.143. The molecule has 1 aromatic rings. The lowest BCUT2D eigenvalue weighted by atomic mass is 10.1. The number of likely N-dealkylation sites (tertiary alicyclic amines) is 1. The average Bonchev–Trinajstić information content (AvgIpc) is 2.65. The summed E-state index contributed by atoms with van der Waals surface area (Å²) >= 11 is 0. The summed E-state index contributed by atoms with van der Waals surface area (Å²) in [5, 5.41) is 9.32. The van der Waals surface area contributed by atoms with E-state index in [0.717, 1.165) is 44.6 Å². The van der Waals surface area contributed by atoms with Gasteiger partial charge in [-0.3, -0.25) is 9.69 Å². The fourth-order valence-corrected chi connectivity index (χ4v) is 2.60. The topological polar surface area (TPSA) is 58.4 Å². The molecule has 0 bridgehead atoms. The predicted molar refractivity (Wildman–Crippen MR) is 68.2 cm³/mol. The number of imidazole rings is 1. The number of aryl methyl sites for hydroxylation is 1. The molecule has 0 spiro atoms. The minimum atomic E-state index is -0.702. The summed E-state index contributed by atoms with van der Waals surface area (Å²) in [6.07, 6.45) is 7.70. The molecule has 1 atom stereocenters. The van der Waals surface area contributed by atoms with E-state index in [2.05, 4.69) is 21.4 Å². The van der Waals surface area contributed by atoms with Crippen LogP contribution in [0.4, 0.5) is 0 Å². The van der Waals surface area contributed by atoms with Crippen molar-refractivity contribution in [2.75, 3.05) is 6.54 Å². The Morgan fingerprint density at radius 3 is 3.06 bits per heavy atom. The number of carboxylic acid groups (broad SMARTS) is 1. The first-order valence-electron chi connectivity index (χ1n) is 6.69. The minimum absolute atomic E-state index is 0.352. The van der Waals surface area contributed by atoms with Gasteiger partial charge >= 0.3 is 5.97 Å². The van der Waals surface area contributed by atoms with Crippen molar-refractivity contribution in [3.8, 4) is 0 Å². The van der Waals surface area contributed by atoms with Gasteiger partial charge in [0.05, 0.1) is 6.54 Å². The summed E-state index contributed by atoms with van der Waals surface area (Å²) in [6.45, 7) is 4.44. The molecule has 1 N–H and O–H groups in total. The standard InChI is InChI=1S/C13H21N3O2/c1-2-15-9-7-14-12(15)10-16-8-5-3-4-6-11(16)13(17)18/h7,9,11H,2-6,8,10H2,1H3,(H,17,18). The van der Waals surface area contributed by atoms with Gasteiger partial charge in [0.15, 0.2) is 0 Å². The normalized spacial score (nSPS) is 21.7. The number of carboxylic acids is 1. The van der Waals surface area contributed by atoms with Gasteiger partial charge in [0.25, 0.3) is 0 Å². The summed E-state index contributed by atoms with van der Waals surface area (Å²) in [5.74, 6) is 0.261. The minimum Gasteiger partial charge on any atom is -0.480 e. The highest BCUT2D eigenvalue weighted by atomic mass is 16.4. The van der Waals surface area contributed by atoms with E-state index in [1.807, 2.05) is 6.20 Å². The van der Waals surface area contributed by atoms with E-state index < -0.39 is 5.97 Å². The zero-order chi connectivity index (χ0) is 13.0. The highest BCUT2D eigenvalue weighted by molar-refractivity contribution is 5.73. The fourth-order valence-electron chi connectivity index (χ4n) is 2.60. The maximum Gasteiger partial charge on any atom is 0.320 e. The van der Waals surface area contributed by atoms with Crippen molar-refractivity contribution in [2.45, 2.75) is 51.7 Å². The third-order valence-corrected chi connectivity index (χ3v) is 3.64. The molecule has 100 valence electrons. The number of aromatic nitrogens is 2. The van der Waals surface area contributed by atoms with Gasteiger partial charge in [-0.15, -0.1) is 0 Å². The average molecular weight is 251 g/mol. The summed E-state index contributed by atoms with van der Waals surface area (Å²) in [7, 11) is 0. The molecule has 0 saturated carbocycles. The van der Waals surface area contributed by atoms with Crippen LogP contribution in [0.5, 0.6) is 0 Å². The summed E-state index contributed by atoms with van der Waals surface area (Å²) in [6, 6.07) is -0.352. The second-order valence-electron chi connectivity index (χ2n) is 4.80. The van der Waals surface area contributed by atoms with Gasteiger partial charge in [0.2, 0.25) is 0 Å². The van der Waals surface area contributed by atoms with Crippen molar-refractivity contribution >= 4 is 5.97 Å². The largest absolute Gasteiger partial charge is 0.480 e. The third-order valence-electron chi connectivity index (χ3n) is 3.64. The van der Waals surface area contributed by atoms with Crippen LogP contribution >= 0.6 is 0 Å². The van der Waals surface area contributed by atoms with Crippen molar-refractivity contribution in [1.82, 2.24) is 14.5 Å².